The highest BCUT2D eigenvalue weighted by atomic mass is 35.5. The van der Waals surface area contributed by atoms with E-state index in [1.165, 1.54) is 0 Å². The summed E-state index contributed by atoms with van der Waals surface area (Å²) in [5.41, 5.74) is 0.758. The van der Waals surface area contributed by atoms with Gasteiger partial charge in [-0.05, 0) is 42.5 Å². The van der Waals surface area contributed by atoms with Crippen molar-refractivity contribution in [1.29, 1.82) is 0 Å². The molecule has 0 fully saturated rings. The van der Waals surface area contributed by atoms with Gasteiger partial charge >= 0.3 is 0 Å². The Morgan fingerprint density at radius 3 is 2.42 bits per heavy atom. The van der Waals surface area contributed by atoms with Gasteiger partial charge in [0.25, 0.3) is 5.09 Å². The first-order valence-electron chi connectivity index (χ1n) is 8.84. The number of ether oxygens (including phenoxy) is 2. The molecule has 1 aromatic heterocycles. The highest BCUT2D eigenvalue weighted by Gasteiger charge is 2.09. The number of nitrogens with zero attached hydrogens (tertiary/aromatic N) is 3. The Morgan fingerprint density at radius 2 is 1.81 bits per heavy atom. The Hall–Kier alpha value is -2.94. The second kappa shape index (κ2) is 12.7. The van der Waals surface area contributed by atoms with Crippen LogP contribution in [0.2, 0.25) is 15.1 Å². The van der Waals surface area contributed by atoms with Crippen LogP contribution in [0.3, 0.4) is 0 Å². The maximum absolute atomic E-state index is 8.36. The van der Waals surface area contributed by atoms with Crippen LogP contribution >= 0.6 is 34.8 Å². The highest BCUT2D eigenvalue weighted by Crippen LogP contribution is 2.28. The normalized spacial score (nSPS) is 10.7. The first-order valence-corrected chi connectivity index (χ1v) is 9.97. The van der Waals surface area contributed by atoms with E-state index in [-0.39, 0.29) is 0 Å². The summed E-state index contributed by atoms with van der Waals surface area (Å²) in [4.78, 5) is 12.4. The first kappa shape index (κ1) is 24.3. The summed E-state index contributed by atoms with van der Waals surface area (Å²) in [5.74, 6) is 1.40. The summed E-state index contributed by atoms with van der Waals surface area (Å²) in [6.45, 7) is 0.988. The lowest BCUT2D eigenvalue weighted by atomic mass is 10.2. The summed E-state index contributed by atoms with van der Waals surface area (Å²) in [6, 6.07) is 12.5. The average Bonchev–Trinajstić information content (AvgIpc) is 3.21. The molecule has 1 N–H and O–H groups in total. The molecule has 0 aliphatic carbocycles. The Kier molecular flexibility index (Phi) is 9.96. The molecule has 0 bridgehead atoms. The molecule has 0 atom stereocenters. The van der Waals surface area contributed by atoms with Crippen LogP contribution in [0.25, 0.3) is 12.0 Å². The van der Waals surface area contributed by atoms with E-state index in [0.29, 0.717) is 40.5 Å². The van der Waals surface area contributed by atoms with Crippen molar-refractivity contribution in [3.05, 3.63) is 91.9 Å². The molecule has 1 heterocycles. The zero-order valence-electron chi connectivity index (χ0n) is 16.0. The molecule has 11 heteroatoms. The second-order valence-electron chi connectivity index (χ2n) is 5.87. The van der Waals surface area contributed by atoms with E-state index >= 15 is 0 Å². The van der Waals surface area contributed by atoms with E-state index in [4.69, 9.17) is 59.6 Å². The van der Waals surface area contributed by atoms with Crippen LogP contribution in [0.4, 0.5) is 0 Å². The highest BCUT2D eigenvalue weighted by molar-refractivity contribution is 6.35. The standard InChI is InChI=1S/C20H17Cl3N2O2.HNO3/c21-15-2-5-17(6-3-15)26-10-1-11-27-20(13-25-9-8-24-14-25)18-7-4-16(22)12-19(18)23;2-1(3)4/h2-9,12-14H,1,10-11H2;(H,2,3,4). The van der Waals surface area contributed by atoms with Crippen molar-refractivity contribution in [3.63, 3.8) is 0 Å². The van der Waals surface area contributed by atoms with Gasteiger partial charge in [-0.25, -0.2) is 4.98 Å². The van der Waals surface area contributed by atoms with E-state index in [2.05, 4.69) is 4.98 Å². The fraction of sp³-hybridized carbons (Fsp3) is 0.150. The lowest BCUT2D eigenvalue weighted by molar-refractivity contribution is -0.742. The number of imidazole rings is 1. The molecule has 0 saturated carbocycles. The third-order valence-corrected chi connectivity index (χ3v) is 4.42. The average molecular weight is 487 g/mol. The maximum atomic E-state index is 8.36. The Balaban J connectivity index is 0.000000785. The van der Waals surface area contributed by atoms with Gasteiger partial charge in [0.15, 0.2) is 0 Å². The van der Waals surface area contributed by atoms with Crippen molar-refractivity contribution >= 4 is 46.8 Å². The molecular formula is C20H18Cl3N3O5. The van der Waals surface area contributed by atoms with Crippen molar-refractivity contribution < 1.29 is 19.8 Å². The first-order chi connectivity index (χ1) is 14.8. The molecule has 8 nitrogen and oxygen atoms in total. The molecule has 3 aromatic rings. The summed E-state index contributed by atoms with van der Waals surface area (Å²) < 4.78 is 13.4. The molecule has 164 valence electrons. The van der Waals surface area contributed by atoms with Gasteiger partial charge in [-0.1, -0.05) is 34.8 Å². The Morgan fingerprint density at radius 1 is 1.13 bits per heavy atom. The van der Waals surface area contributed by atoms with E-state index < -0.39 is 5.09 Å². The quantitative estimate of drug-likeness (QED) is 0.183. The zero-order valence-corrected chi connectivity index (χ0v) is 18.3. The van der Waals surface area contributed by atoms with Gasteiger partial charge in [-0.2, -0.15) is 0 Å². The van der Waals surface area contributed by atoms with Crippen LogP contribution in [-0.2, 0) is 4.74 Å². The van der Waals surface area contributed by atoms with Crippen LogP contribution < -0.4 is 4.74 Å². The largest absolute Gasteiger partial charge is 0.493 e. The van der Waals surface area contributed by atoms with E-state index in [0.717, 1.165) is 11.3 Å². The summed E-state index contributed by atoms with van der Waals surface area (Å²) in [5, 5.41) is 15.4. The van der Waals surface area contributed by atoms with Gasteiger partial charge in [-0.3, -0.25) is 0 Å². The van der Waals surface area contributed by atoms with Crippen LogP contribution in [0.15, 0.2) is 61.2 Å². The Labute approximate surface area is 193 Å². The van der Waals surface area contributed by atoms with Gasteiger partial charge in [0, 0.05) is 34.4 Å². The number of aromatic nitrogens is 2. The lowest BCUT2D eigenvalue weighted by Gasteiger charge is -2.13. The third-order valence-electron chi connectivity index (χ3n) is 3.62. The minimum atomic E-state index is -1.50. The molecule has 0 aliphatic rings. The summed E-state index contributed by atoms with van der Waals surface area (Å²) >= 11 is 18.2. The van der Waals surface area contributed by atoms with E-state index in [1.807, 2.05) is 30.6 Å². The number of halogens is 3. The number of hydrogen-bond acceptors (Lipinski definition) is 5. The van der Waals surface area contributed by atoms with Crippen LogP contribution in [0.5, 0.6) is 5.75 Å². The molecule has 0 aliphatic heterocycles. The van der Waals surface area contributed by atoms with Gasteiger partial charge in [0.2, 0.25) is 0 Å². The van der Waals surface area contributed by atoms with Crippen molar-refractivity contribution in [2.24, 2.45) is 0 Å². The molecule has 0 saturated heterocycles. The van der Waals surface area contributed by atoms with Crippen LogP contribution in [0.1, 0.15) is 12.0 Å². The van der Waals surface area contributed by atoms with Gasteiger partial charge in [-0.15, -0.1) is 10.1 Å². The zero-order chi connectivity index (χ0) is 22.6. The predicted molar refractivity (Wildman–Crippen MR) is 119 cm³/mol. The summed E-state index contributed by atoms with van der Waals surface area (Å²) in [6.07, 6.45) is 7.71. The van der Waals surface area contributed by atoms with Crippen LogP contribution in [-0.4, -0.2) is 33.1 Å². The van der Waals surface area contributed by atoms with Crippen molar-refractivity contribution in [1.82, 2.24) is 9.55 Å². The predicted octanol–water partition coefficient (Wildman–Crippen LogP) is 5.94. The van der Waals surface area contributed by atoms with Gasteiger partial charge in [0.1, 0.15) is 11.5 Å². The SMILES string of the molecule is Clc1ccc(OCCCOC(=Cn2ccnc2)c2ccc(Cl)cc2Cl)cc1.O=[N+]([O-])O. The fourth-order valence-corrected chi connectivity index (χ4v) is 2.94. The summed E-state index contributed by atoms with van der Waals surface area (Å²) in [7, 11) is 0. The molecule has 0 unspecified atom stereocenters. The van der Waals surface area contributed by atoms with Crippen LogP contribution in [0, 0.1) is 10.1 Å². The number of benzene rings is 2. The monoisotopic (exact) mass is 485 g/mol. The molecule has 0 radical (unpaired) electrons. The third kappa shape index (κ3) is 9.17. The van der Waals surface area contributed by atoms with E-state index in [9.17, 15) is 0 Å². The molecule has 31 heavy (non-hydrogen) atoms. The maximum Gasteiger partial charge on any atom is 0.291 e. The molecular weight excluding hydrogens is 469 g/mol. The van der Waals surface area contributed by atoms with Gasteiger partial charge in [0.05, 0.1) is 30.8 Å². The molecule has 0 amide bonds. The minimum Gasteiger partial charge on any atom is -0.493 e. The van der Waals surface area contributed by atoms with Crippen molar-refractivity contribution in [2.75, 3.05) is 13.2 Å². The van der Waals surface area contributed by atoms with Crippen molar-refractivity contribution in [3.8, 4) is 5.75 Å². The minimum absolute atomic E-state index is 0.465. The number of hydrogen-bond donors (Lipinski definition) is 1. The topological polar surface area (TPSA) is 99.7 Å². The number of rotatable bonds is 8. The molecule has 3 rings (SSSR count). The fourth-order valence-electron chi connectivity index (χ4n) is 2.32. The lowest BCUT2D eigenvalue weighted by Crippen LogP contribution is -2.04. The smallest absolute Gasteiger partial charge is 0.291 e. The Bertz CT molecular complexity index is 992. The molecule has 2 aromatic carbocycles. The van der Waals surface area contributed by atoms with Gasteiger partial charge < -0.3 is 19.2 Å². The van der Waals surface area contributed by atoms with E-state index in [1.54, 1.807) is 41.4 Å². The second-order valence-corrected chi connectivity index (χ2v) is 7.15. The molecule has 0 spiro atoms. The van der Waals surface area contributed by atoms with Crippen molar-refractivity contribution in [2.45, 2.75) is 6.42 Å².